The highest BCUT2D eigenvalue weighted by Crippen LogP contribution is 2.36. The third kappa shape index (κ3) is 4.06. The summed E-state index contributed by atoms with van der Waals surface area (Å²) < 4.78 is 64.6. The topological polar surface area (TPSA) is 102 Å². The molecule has 3 N–H and O–H groups in total. The van der Waals surface area contributed by atoms with Gasteiger partial charge in [0.05, 0.1) is 12.4 Å². The molecule has 1 aliphatic carbocycles. The molecule has 0 radical (unpaired) electrons. The first kappa shape index (κ1) is 17.2. The second kappa shape index (κ2) is 6.01. The minimum atomic E-state index is -4.68. The average Bonchev–Trinajstić information content (AvgIpc) is 2.85. The summed E-state index contributed by atoms with van der Waals surface area (Å²) in [6.07, 6.45) is -3.53. The molecule has 0 aromatic carbocycles. The zero-order valence-electron chi connectivity index (χ0n) is 12.6. The van der Waals surface area contributed by atoms with Crippen LogP contribution in [0.25, 0.3) is 11.5 Å². The van der Waals surface area contributed by atoms with Crippen LogP contribution in [0.2, 0.25) is 0 Å². The summed E-state index contributed by atoms with van der Waals surface area (Å²) >= 11 is 0. The van der Waals surface area contributed by atoms with Crippen LogP contribution in [-0.2, 0) is 6.18 Å². The summed E-state index contributed by atoms with van der Waals surface area (Å²) in [5.41, 5.74) is 4.05. The predicted octanol–water partition coefficient (Wildman–Crippen LogP) is 2.53. The molecule has 0 amide bonds. The normalized spacial score (nSPS) is 19.8. The number of anilines is 2. The number of halogens is 5. The Balaban J connectivity index is 1.87. The second-order valence-electron chi connectivity index (χ2n) is 5.57. The summed E-state index contributed by atoms with van der Waals surface area (Å²) in [5.74, 6) is -3.40. The Kier molecular flexibility index (Phi) is 4.13. The van der Waals surface area contributed by atoms with E-state index in [0.29, 0.717) is 6.20 Å². The molecule has 1 saturated carbocycles. The molecule has 134 valence electrons. The van der Waals surface area contributed by atoms with Gasteiger partial charge in [-0.2, -0.15) is 28.1 Å². The maximum absolute atomic E-state index is 13.2. The van der Waals surface area contributed by atoms with E-state index in [0.717, 1.165) is 6.20 Å². The van der Waals surface area contributed by atoms with E-state index in [1.165, 1.54) is 0 Å². The van der Waals surface area contributed by atoms with Gasteiger partial charge in [0.1, 0.15) is 5.69 Å². The van der Waals surface area contributed by atoms with Gasteiger partial charge in [0.2, 0.25) is 17.8 Å². The van der Waals surface area contributed by atoms with Gasteiger partial charge in [-0.25, -0.2) is 13.8 Å². The van der Waals surface area contributed by atoms with E-state index in [9.17, 15) is 22.0 Å². The molecular weight excluding hydrogens is 349 g/mol. The fourth-order valence-electron chi connectivity index (χ4n) is 2.44. The summed E-state index contributed by atoms with van der Waals surface area (Å²) in [6, 6.07) is -0.572. The van der Waals surface area contributed by atoms with E-state index in [1.54, 1.807) is 0 Å². The number of nitrogens with one attached hydrogen (secondary N) is 1. The Labute approximate surface area is 137 Å². The van der Waals surface area contributed by atoms with Gasteiger partial charge in [-0.15, -0.1) is 0 Å². The van der Waals surface area contributed by atoms with Crippen LogP contribution in [0.5, 0.6) is 0 Å². The van der Waals surface area contributed by atoms with Gasteiger partial charge in [-0.1, -0.05) is 0 Å². The van der Waals surface area contributed by atoms with Crippen molar-refractivity contribution in [2.75, 3.05) is 11.1 Å². The standard InChI is InChI=1S/C13H12F5N7/c14-12(15)2-1-6(3-12)21-11-24-9(23-10(19)25-11)7-4-20-5-8(22-7)13(16,17)18/h4-6H,1-3H2,(H3,19,21,23,24,25)/t6-/m1/s1. The zero-order chi connectivity index (χ0) is 18.2. The Hall–Kier alpha value is -2.66. The van der Waals surface area contributed by atoms with Crippen molar-refractivity contribution < 1.29 is 22.0 Å². The van der Waals surface area contributed by atoms with E-state index in [-0.39, 0.29) is 36.3 Å². The Morgan fingerprint density at radius 2 is 1.88 bits per heavy atom. The molecule has 1 aliphatic rings. The minimum Gasteiger partial charge on any atom is -0.368 e. The maximum Gasteiger partial charge on any atom is 0.434 e. The number of nitrogens with zero attached hydrogens (tertiary/aromatic N) is 5. The number of nitrogens with two attached hydrogens (primary N) is 1. The monoisotopic (exact) mass is 361 g/mol. The van der Waals surface area contributed by atoms with Gasteiger partial charge in [-0.3, -0.25) is 4.98 Å². The van der Waals surface area contributed by atoms with E-state index < -0.39 is 30.3 Å². The molecule has 0 bridgehead atoms. The lowest BCUT2D eigenvalue weighted by Gasteiger charge is -2.13. The van der Waals surface area contributed by atoms with Crippen molar-refractivity contribution in [3.8, 4) is 11.5 Å². The van der Waals surface area contributed by atoms with Crippen molar-refractivity contribution in [2.24, 2.45) is 0 Å². The Morgan fingerprint density at radius 1 is 1.12 bits per heavy atom. The number of hydrogen-bond acceptors (Lipinski definition) is 7. The van der Waals surface area contributed by atoms with Gasteiger partial charge >= 0.3 is 6.18 Å². The molecule has 1 atom stereocenters. The van der Waals surface area contributed by atoms with Gasteiger partial charge in [0.15, 0.2) is 11.5 Å². The molecule has 0 aliphatic heterocycles. The smallest absolute Gasteiger partial charge is 0.368 e. The van der Waals surface area contributed by atoms with Crippen molar-refractivity contribution in [1.29, 1.82) is 0 Å². The van der Waals surface area contributed by atoms with Crippen molar-refractivity contribution in [1.82, 2.24) is 24.9 Å². The molecule has 3 rings (SSSR count). The van der Waals surface area contributed by atoms with Gasteiger partial charge in [-0.05, 0) is 6.42 Å². The first-order chi connectivity index (χ1) is 11.6. The molecule has 1 fully saturated rings. The maximum atomic E-state index is 13.2. The summed E-state index contributed by atoms with van der Waals surface area (Å²) in [6.45, 7) is 0. The van der Waals surface area contributed by atoms with Crippen molar-refractivity contribution in [3.05, 3.63) is 18.1 Å². The fourth-order valence-corrected chi connectivity index (χ4v) is 2.44. The number of nitrogen functional groups attached to an aromatic ring is 1. The highest BCUT2D eigenvalue weighted by molar-refractivity contribution is 5.52. The number of alkyl halides is 5. The lowest BCUT2D eigenvalue weighted by atomic mass is 10.2. The van der Waals surface area contributed by atoms with Gasteiger partial charge in [0.25, 0.3) is 0 Å². The highest BCUT2D eigenvalue weighted by atomic mass is 19.4. The van der Waals surface area contributed by atoms with Crippen LogP contribution in [0, 0.1) is 0 Å². The molecule has 2 aromatic heterocycles. The largest absolute Gasteiger partial charge is 0.434 e. The third-order valence-corrected chi connectivity index (χ3v) is 3.54. The minimum absolute atomic E-state index is 0.107. The quantitative estimate of drug-likeness (QED) is 0.810. The third-order valence-electron chi connectivity index (χ3n) is 3.54. The fraction of sp³-hybridized carbons (Fsp3) is 0.462. The molecule has 0 saturated heterocycles. The number of aromatic nitrogens is 5. The lowest BCUT2D eigenvalue weighted by molar-refractivity contribution is -0.141. The van der Waals surface area contributed by atoms with Crippen LogP contribution in [0.3, 0.4) is 0 Å². The van der Waals surface area contributed by atoms with E-state index in [1.807, 2.05) is 0 Å². The molecule has 2 heterocycles. The summed E-state index contributed by atoms with van der Waals surface area (Å²) in [4.78, 5) is 18.3. The number of rotatable bonds is 3. The van der Waals surface area contributed by atoms with Crippen LogP contribution in [-0.4, -0.2) is 36.9 Å². The van der Waals surface area contributed by atoms with Crippen LogP contribution in [0.15, 0.2) is 12.4 Å². The van der Waals surface area contributed by atoms with Crippen molar-refractivity contribution in [2.45, 2.75) is 37.4 Å². The number of hydrogen-bond donors (Lipinski definition) is 2. The molecule has 25 heavy (non-hydrogen) atoms. The van der Waals surface area contributed by atoms with Crippen molar-refractivity contribution >= 4 is 11.9 Å². The predicted molar refractivity (Wildman–Crippen MR) is 76.5 cm³/mol. The average molecular weight is 361 g/mol. The van der Waals surface area contributed by atoms with Crippen LogP contribution < -0.4 is 11.1 Å². The van der Waals surface area contributed by atoms with Crippen molar-refractivity contribution in [3.63, 3.8) is 0 Å². The van der Waals surface area contributed by atoms with Gasteiger partial charge < -0.3 is 11.1 Å². The molecular formula is C13H12F5N7. The van der Waals surface area contributed by atoms with Crippen LogP contribution in [0.1, 0.15) is 25.0 Å². The van der Waals surface area contributed by atoms with Gasteiger partial charge in [0, 0.05) is 18.9 Å². The molecule has 7 nitrogen and oxygen atoms in total. The first-order valence-electron chi connectivity index (χ1n) is 7.18. The Morgan fingerprint density at radius 3 is 2.52 bits per heavy atom. The lowest BCUT2D eigenvalue weighted by Crippen LogP contribution is -2.21. The SMILES string of the molecule is Nc1nc(N[C@@H]2CCC(F)(F)C2)nc(-c2cncc(C(F)(F)F)n2)n1. The summed E-state index contributed by atoms with van der Waals surface area (Å²) in [5, 5.41) is 2.70. The second-order valence-corrected chi connectivity index (χ2v) is 5.57. The molecule has 0 unspecified atom stereocenters. The Bertz CT molecular complexity index is 780. The van der Waals surface area contributed by atoms with E-state index in [2.05, 4.69) is 30.2 Å². The molecule has 2 aromatic rings. The molecule has 0 spiro atoms. The van der Waals surface area contributed by atoms with Crippen LogP contribution >= 0.6 is 0 Å². The summed E-state index contributed by atoms with van der Waals surface area (Å²) in [7, 11) is 0. The zero-order valence-corrected chi connectivity index (χ0v) is 12.6. The molecule has 12 heteroatoms. The highest BCUT2D eigenvalue weighted by Gasteiger charge is 2.39. The van der Waals surface area contributed by atoms with Crippen LogP contribution in [0.4, 0.5) is 33.8 Å². The van der Waals surface area contributed by atoms with E-state index in [4.69, 9.17) is 5.73 Å². The van der Waals surface area contributed by atoms with E-state index >= 15 is 0 Å². The first-order valence-corrected chi connectivity index (χ1v) is 7.18.